The maximum absolute atomic E-state index is 12.4. The van der Waals surface area contributed by atoms with E-state index in [9.17, 15) is 4.79 Å². The summed E-state index contributed by atoms with van der Waals surface area (Å²) in [6.07, 6.45) is 1.98. The second-order valence-corrected chi connectivity index (χ2v) is 8.40. The number of carbonyl (C=O) groups excluding carboxylic acids is 1. The van der Waals surface area contributed by atoms with Crippen LogP contribution in [-0.4, -0.2) is 38.0 Å². The number of amides is 1. The summed E-state index contributed by atoms with van der Waals surface area (Å²) in [5.41, 5.74) is 1.24. The van der Waals surface area contributed by atoms with Crippen molar-refractivity contribution in [2.75, 3.05) is 20.8 Å². The molecule has 0 radical (unpaired) electrons. The first-order valence-electron chi connectivity index (χ1n) is 9.85. The van der Waals surface area contributed by atoms with Crippen LogP contribution in [0.25, 0.3) is 0 Å². The molecule has 2 aromatic rings. The highest BCUT2D eigenvalue weighted by Crippen LogP contribution is 2.33. The quantitative estimate of drug-likeness (QED) is 0.423. The first-order chi connectivity index (χ1) is 13.9. The van der Waals surface area contributed by atoms with E-state index in [1.807, 2.05) is 51.1 Å². The Hall–Kier alpha value is -2.34. The first kappa shape index (κ1) is 22.9. The van der Waals surface area contributed by atoms with E-state index in [1.165, 1.54) is 17.3 Å². The third kappa shape index (κ3) is 7.54. The molecule has 0 unspecified atom stereocenters. The summed E-state index contributed by atoms with van der Waals surface area (Å²) in [4.78, 5) is 13.3. The van der Waals surface area contributed by atoms with Gasteiger partial charge in [-0.2, -0.15) is 0 Å². The van der Waals surface area contributed by atoms with Gasteiger partial charge in [-0.3, -0.25) is 4.79 Å². The van der Waals surface area contributed by atoms with Crippen molar-refractivity contribution in [3.63, 3.8) is 0 Å². The molecule has 29 heavy (non-hydrogen) atoms. The summed E-state index contributed by atoms with van der Waals surface area (Å²) in [7, 11) is 3.21. The van der Waals surface area contributed by atoms with E-state index in [0.29, 0.717) is 18.0 Å². The molecule has 5 nitrogen and oxygen atoms in total. The second-order valence-electron chi connectivity index (χ2n) is 6.98. The molecule has 0 spiro atoms. The van der Waals surface area contributed by atoms with Crippen molar-refractivity contribution in [2.24, 2.45) is 0 Å². The summed E-state index contributed by atoms with van der Waals surface area (Å²) >= 11 is 1.50. The lowest BCUT2D eigenvalue weighted by Crippen LogP contribution is -2.31. The minimum absolute atomic E-state index is 0.0328. The van der Waals surface area contributed by atoms with Crippen LogP contribution in [0.1, 0.15) is 32.8 Å². The van der Waals surface area contributed by atoms with Crippen molar-refractivity contribution in [3.05, 3.63) is 48.0 Å². The fourth-order valence-electron chi connectivity index (χ4n) is 2.80. The molecular formula is C23H31NO4S. The van der Waals surface area contributed by atoms with Crippen LogP contribution in [0.3, 0.4) is 0 Å². The average molecular weight is 418 g/mol. The summed E-state index contributed by atoms with van der Waals surface area (Å²) in [6.45, 7) is 6.59. The lowest BCUT2D eigenvalue weighted by Gasteiger charge is -2.14. The molecule has 1 N–H and O–H groups in total. The van der Waals surface area contributed by atoms with Crippen LogP contribution in [0.15, 0.2) is 47.4 Å². The Morgan fingerprint density at radius 1 is 1.00 bits per heavy atom. The largest absolute Gasteiger partial charge is 0.493 e. The van der Waals surface area contributed by atoms with Crippen molar-refractivity contribution in [2.45, 2.75) is 49.9 Å². The normalized spacial score (nSPS) is 11.8. The molecule has 1 atom stereocenters. The van der Waals surface area contributed by atoms with E-state index in [0.717, 1.165) is 23.5 Å². The Balaban J connectivity index is 1.74. The molecule has 158 valence electrons. The van der Waals surface area contributed by atoms with Crippen LogP contribution < -0.4 is 19.5 Å². The molecule has 2 rings (SSSR count). The molecule has 0 saturated carbocycles. The van der Waals surface area contributed by atoms with Gasteiger partial charge in [-0.05, 0) is 69.5 Å². The fourth-order valence-corrected chi connectivity index (χ4v) is 3.72. The van der Waals surface area contributed by atoms with Crippen LogP contribution >= 0.6 is 11.8 Å². The van der Waals surface area contributed by atoms with E-state index in [2.05, 4.69) is 17.4 Å². The molecule has 0 fully saturated rings. The van der Waals surface area contributed by atoms with Crippen molar-refractivity contribution in [1.29, 1.82) is 0 Å². The smallest absolute Gasteiger partial charge is 0.233 e. The lowest BCUT2D eigenvalue weighted by molar-refractivity contribution is -0.120. The molecule has 0 bridgehead atoms. The molecule has 0 heterocycles. The van der Waals surface area contributed by atoms with Crippen molar-refractivity contribution >= 4 is 17.7 Å². The number of benzene rings is 2. The van der Waals surface area contributed by atoms with Crippen LogP contribution in [0.5, 0.6) is 17.2 Å². The van der Waals surface area contributed by atoms with E-state index in [-0.39, 0.29) is 17.3 Å². The Morgan fingerprint density at radius 2 is 1.69 bits per heavy atom. The molecule has 2 aromatic carbocycles. The third-order valence-corrected chi connectivity index (χ3v) is 5.37. The number of hydrogen-bond donors (Lipinski definition) is 1. The summed E-state index contributed by atoms with van der Waals surface area (Å²) < 4.78 is 16.2. The molecule has 0 aliphatic carbocycles. The summed E-state index contributed by atoms with van der Waals surface area (Å²) in [5.74, 6) is 2.26. The Morgan fingerprint density at radius 3 is 2.31 bits per heavy atom. The van der Waals surface area contributed by atoms with Crippen molar-refractivity contribution in [3.8, 4) is 17.2 Å². The molecule has 0 aromatic heterocycles. The van der Waals surface area contributed by atoms with E-state index in [4.69, 9.17) is 14.2 Å². The zero-order chi connectivity index (χ0) is 21.2. The van der Waals surface area contributed by atoms with Gasteiger partial charge in [0.1, 0.15) is 5.75 Å². The van der Waals surface area contributed by atoms with Crippen LogP contribution in [0.2, 0.25) is 0 Å². The minimum Gasteiger partial charge on any atom is -0.493 e. The SMILES string of the molecule is COc1ccc(S[C@H](C)C(=O)NCCCc2ccc(OC(C)C)cc2)cc1OC. The number of methoxy groups -OCH3 is 2. The van der Waals surface area contributed by atoms with E-state index >= 15 is 0 Å². The topological polar surface area (TPSA) is 56.8 Å². The Kier molecular flexibility index (Phi) is 9.19. The number of hydrogen-bond acceptors (Lipinski definition) is 5. The number of ether oxygens (including phenoxy) is 3. The summed E-state index contributed by atoms with van der Waals surface area (Å²) in [6, 6.07) is 13.8. The highest BCUT2D eigenvalue weighted by molar-refractivity contribution is 8.00. The third-order valence-electron chi connectivity index (χ3n) is 4.27. The molecule has 6 heteroatoms. The fraction of sp³-hybridized carbons (Fsp3) is 0.435. The number of rotatable bonds is 11. The first-order valence-corrected chi connectivity index (χ1v) is 10.7. The van der Waals surface area contributed by atoms with Gasteiger partial charge in [-0.1, -0.05) is 12.1 Å². The molecule has 1 amide bonds. The van der Waals surface area contributed by atoms with E-state index < -0.39 is 0 Å². The number of carbonyl (C=O) groups is 1. The highest BCUT2D eigenvalue weighted by atomic mass is 32.2. The van der Waals surface area contributed by atoms with Gasteiger partial charge in [0.25, 0.3) is 0 Å². The highest BCUT2D eigenvalue weighted by Gasteiger charge is 2.15. The van der Waals surface area contributed by atoms with Gasteiger partial charge < -0.3 is 19.5 Å². The molecule has 0 saturated heterocycles. The van der Waals surface area contributed by atoms with Crippen LogP contribution in [0.4, 0.5) is 0 Å². The van der Waals surface area contributed by atoms with Gasteiger partial charge in [-0.25, -0.2) is 0 Å². The zero-order valence-corrected chi connectivity index (χ0v) is 18.7. The van der Waals surface area contributed by atoms with Gasteiger partial charge in [0.15, 0.2) is 11.5 Å². The number of thioether (sulfide) groups is 1. The van der Waals surface area contributed by atoms with Crippen LogP contribution in [-0.2, 0) is 11.2 Å². The van der Waals surface area contributed by atoms with Gasteiger partial charge in [-0.15, -0.1) is 11.8 Å². The maximum atomic E-state index is 12.4. The monoisotopic (exact) mass is 417 g/mol. The second kappa shape index (κ2) is 11.6. The predicted octanol–water partition coefficient (Wildman–Crippen LogP) is 4.72. The molecule has 0 aliphatic rings. The van der Waals surface area contributed by atoms with Gasteiger partial charge in [0.2, 0.25) is 5.91 Å². The number of nitrogens with one attached hydrogen (secondary N) is 1. The predicted molar refractivity (Wildman–Crippen MR) is 118 cm³/mol. The number of aryl methyl sites for hydroxylation is 1. The molecular weight excluding hydrogens is 386 g/mol. The lowest BCUT2D eigenvalue weighted by atomic mass is 10.1. The Bertz CT molecular complexity index is 777. The van der Waals surface area contributed by atoms with E-state index in [1.54, 1.807) is 14.2 Å². The maximum Gasteiger partial charge on any atom is 0.233 e. The van der Waals surface area contributed by atoms with Crippen molar-refractivity contribution < 1.29 is 19.0 Å². The average Bonchev–Trinajstić information content (AvgIpc) is 2.71. The Labute approximate surface area is 178 Å². The van der Waals surface area contributed by atoms with Crippen LogP contribution in [0, 0.1) is 0 Å². The zero-order valence-electron chi connectivity index (χ0n) is 17.9. The van der Waals surface area contributed by atoms with Gasteiger partial charge in [0, 0.05) is 11.4 Å². The van der Waals surface area contributed by atoms with Gasteiger partial charge in [0.05, 0.1) is 25.6 Å². The van der Waals surface area contributed by atoms with Gasteiger partial charge >= 0.3 is 0 Å². The molecule has 0 aliphatic heterocycles. The minimum atomic E-state index is -0.194. The van der Waals surface area contributed by atoms with Crippen molar-refractivity contribution in [1.82, 2.24) is 5.32 Å². The summed E-state index contributed by atoms with van der Waals surface area (Å²) in [5, 5.41) is 2.83. The standard InChI is InChI=1S/C23H31NO4S/c1-16(2)28-19-10-8-18(9-11-19)7-6-14-24-23(25)17(3)29-20-12-13-21(26-4)22(15-20)27-5/h8-13,15-17H,6-7,14H2,1-5H3,(H,24,25)/t17-/m1/s1.